The molecule has 0 saturated carbocycles. The van der Waals surface area contributed by atoms with Gasteiger partial charge in [0.1, 0.15) is 17.8 Å². The van der Waals surface area contributed by atoms with Crippen LogP contribution in [0, 0.1) is 6.92 Å². The Morgan fingerprint density at radius 2 is 1.96 bits per heavy atom. The van der Waals surface area contributed by atoms with E-state index in [1.54, 1.807) is 28.9 Å². The molecule has 136 valence electrons. The minimum Gasteiger partial charge on any atom is -0.458 e. The predicted octanol–water partition coefficient (Wildman–Crippen LogP) is 3.71. The fraction of sp³-hybridized carbons (Fsp3) is 0.158. The van der Waals surface area contributed by atoms with Crippen molar-refractivity contribution in [3.05, 3.63) is 59.7 Å². The maximum absolute atomic E-state index is 12.7. The van der Waals surface area contributed by atoms with Gasteiger partial charge in [0.2, 0.25) is 5.91 Å². The number of hydrogen-bond acceptors (Lipinski definition) is 5. The van der Waals surface area contributed by atoms with E-state index in [1.807, 2.05) is 43.3 Å². The Hall–Kier alpha value is -3.19. The first kappa shape index (κ1) is 17.2. The molecule has 1 amide bonds. The van der Waals surface area contributed by atoms with Crippen LogP contribution in [-0.2, 0) is 11.3 Å². The summed E-state index contributed by atoms with van der Waals surface area (Å²) in [5.41, 5.74) is 1.74. The Labute approximate surface area is 160 Å². The molecule has 7 nitrogen and oxygen atoms in total. The summed E-state index contributed by atoms with van der Waals surface area (Å²) in [4.78, 5) is 27.3. The first-order chi connectivity index (χ1) is 13.0. The van der Waals surface area contributed by atoms with Gasteiger partial charge < -0.3 is 13.9 Å². The van der Waals surface area contributed by atoms with E-state index in [1.165, 1.54) is 0 Å². The van der Waals surface area contributed by atoms with E-state index in [2.05, 4.69) is 15.0 Å². The summed E-state index contributed by atoms with van der Waals surface area (Å²) in [6.45, 7) is 1.91. The molecule has 0 spiro atoms. The van der Waals surface area contributed by atoms with Crippen LogP contribution >= 0.6 is 11.6 Å². The summed E-state index contributed by atoms with van der Waals surface area (Å²) in [6.07, 6.45) is 1.54. The third kappa shape index (κ3) is 3.29. The normalized spacial score (nSPS) is 11.1. The van der Waals surface area contributed by atoms with Crippen LogP contribution in [-0.4, -0.2) is 32.5 Å². The van der Waals surface area contributed by atoms with E-state index in [0.29, 0.717) is 22.7 Å². The summed E-state index contributed by atoms with van der Waals surface area (Å²) in [5.74, 6) is 1.51. The monoisotopic (exact) mass is 381 g/mol. The van der Waals surface area contributed by atoms with Crippen molar-refractivity contribution in [1.29, 1.82) is 0 Å². The summed E-state index contributed by atoms with van der Waals surface area (Å²) >= 11 is 6.26. The molecule has 27 heavy (non-hydrogen) atoms. The maximum Gasteiger partial charge on any atom is 0.246 e. The van der Waals surface area contributed by atoms with Gasteiger partial charge in [-0.25, -0.2) is 15.0 Å². The lowest BCUT2D eigenvalue weighted by Crippen LogP contribution is -2.29. The van der Waals surface area contributed by atoms with Crippen molar-refractivity contribution in [2.75, 3.05) is 11.9 Å². The minimum atomic E-state index is -0.106. The van der Waals surface area contributed by atoms with Crippen LogP contribution in [0.1, 0.15) is 5.76 Å². The van der Waals surface area contributed by atoms with Crippen molar-refractivity contribution in [3.63, 3.8) is 0 Å². The summed E-state index contributed by atoms with van der Waals surface area (Å²) in [5, 5.41) is 0.215. The molecule has 0 aliphatic carbocycles. The number of imidazole rings is 1. The van der Waals surface area contributed by atoms with Crippen LogP contribution in [0.5, 0.6) is 0 Å². The number of hydrogen-bond donors (Lipinski definition) is 0. The zero-order valence-corrected chi connectivity index (χ0v) is 15.5. The largest absolute Gasteiger partial charge is 0.458 e. The number of halogens is 1. The first-order valence-electron chi connectivity index (χ1n) is 8.29. The van der Waals surface area contributed by atoms with E-state index in [0.717, 1.165) is 11.4 Å². The molecule has 3 heterocycles. The van der Waals surface area contributed by atoms with Crippen molar-refractivity contribution >= 4 is 34.4 Å². The van der Waals surface area contributed by atoms with Gasteiger partial charge in [-0.3, -0.25) is 4.79 Å². The highest BCUT2D eigenvalue weighted by Crippen LogP contribution is 2.25. The number of benzene rings is 1. The van der Waals surface area contributed by atoms with Crippen molar-refractivity contribution in [2.24, 2.45) is 0 Å². The van der Waals surface area contributed by atoms with Gasteiger partial charge in [0.05, 0.1) is 6.33 Å². The summed E-state index contributed by atoms with van der Waals surface area (Å²) in [6, 6.07) is 13.0. The second-order valence-electron chi connectivity index (χ2n) is 6.08. The van der Waals surface area contributed by atoms with Gasteiger partial charge in [0.25, 0.3) is 0 Å². The molecule has 1 aromatic carbocycles. The molecule has 0 aliphatic rings. The molecule has 0 unspecified atom stereocenters. The topological polar surface area (TPSA) is 77.1 Å². The minimum absolute atomic E-state index is 0.0753. The average molecular weight is 382 g/mol. The maximum atomic E-state index is 12.7. The number of aryl methyl sites for hydroxylation is 1. The van der Waals surface area contributed by atoms with Crippen LogP contribution in [0.2, 0.25) is 5.15 Å². The lowest BCUT2D eigenvalue weighted by atomic mass is 10.3. The quantitative estimate of drug-likeness (QED) is 0.503. The molecule has 0 fully saturated rings. The number of amides is 1. The highest BCUT2D eigenvalue weighted by atomic mass is 35.5. The Balaban J connectivity index is 1.68. The number of nitrogens with zero attached hydrogens (tertiary/aromatic N) is 5. The molecular weight excluding hydrogens is 366 g/mol. The lowest BCUT2D eigenvalue weighted by molar-refractivity contribution is -0.118. The third-order valence-corrected chi connectivity index (χ3v) is 4.47. The number of likely N-dealkylation sites (N-methyl/N-ethyl adjacent to an activating group) is 1. The summed E-state index contributed by atoms with van der Waals surface area (Å²) < 4.78 is 7.24. The number of para-hydroxylation sites is 1. The predicted molar refractivity (Wildman–Crippen MR) is 103 cm³/mol. The molecule has 3 aromatic heterocycles. The first-order valence-corrected chi connectivity index (χ1v) is 8.67. The van der Waals surface area contributed by atoms with Crippen LogP contribution in [0.3, 0.4) is 0 Å². The van der Waals surface area contributed by atoms with Crippen LogP contribution < -0.4 is 4.90 Å². The molecule has 0 bridgehead atoms. The number of furan rings is 1. The van der Waals surface area contributed by atoms with Gasteiger partial charge in [-0.1, -0.05) is 29.8 Å². The molecule has 4 aromatic rings. The second kappa shape index (κ2) is 6.85. The fourth-order valence-corrected chi connectivity index (χ4v) is 2.95. The standard InChI is InChI=1S/C19H16ClN5O2/c1-12-8-9-14(27-12)18-22-17(20)16-19(23-18)25(11-21-16)10-15(26)24(2)13-6-4-3-5-7-13/h3-9,11H,10H2,1-2H3. The van der Waals surface area contributed by atoms with Crippen LogP contribution in [0.15, 0.2) is 53.2 Å². The number of fused-ring (bicyclic) bond motifs is 1. The molecule has 0 radical (unpaired) electrons. The third-order valence-electron chi connectivity index (χ3n) is 4.21. The van der Waals surface area contributed by atoms with Gasteiger partial charge in [-0.15, -0.1) is 0 Å². The number of rotatable bonds is 4. The van der Waals surface area contributed by atoms with Gasteiger partial charge in [0.15, 0.2) is 22.4 Å². The molecule has 8 heteroatoms. The van der Waals surface area contributed by atoms with Crippen molar-refractivity contribution in [1.82, 2.24) is 19.5 Å². The number of aromatic nitrogens is 4. The summed E-state index contributed by atoms with van der Waals surface area (Å²) in [7, 11) is 1.73. The van der Waals surface area contributed by atoms with Crippen molar-refractivity contribution in [3.8, 4) is 11.6 Å². The Morgan fingerprint density at radius 3 is 2.67 bits per heavy atom. The lowest BCUT2D eigenvalue weighted by Gasteiger charge is -2.17. The number of carbonyl (C=O) groups excluding carboxylic acids is 1. The van der Waals surface area contributed by atoms with E-state index in [9.17, 15) is 4.79 Å². The van der Waals surface area contributed by atoms with Gasteiger partial charge in [-0.05, 0) is 31.2 Å². The number of carbonyl (C=O) groups is 1. The number of anilines is 1. The zero-order valence-electron chi connectivity index (χ0n) is 14.8. The van der Waals surface area contributed by atoms with E-state index in [-0.39, 0.29) is 17.6 Å². The second-order valence-corrected chi connectivity index (χ2v) is 6.44. The highest BCUT2D eigenvalue weighted by Gasteiger charge is 2.18. The van der Waals surface area contributed by atoms with Crippen LogP contribution in [0.4, 0.5) is 5.69 Å². The fourth-order valence-electron chi connectivity index (χ4n) is 2.74. The van der Waals surface area contributed by atoms with E-state index >= 15 is 0 Å². The SMILES string of the molecule is Cc1ccc(-c2nc(Cl)c3ncn(CC(=O)N(C)c4ccccc4)c3n2)o1. The van der Waals surface area contributed by atoms with E-state index < -0.39 is 0 Å². The molecule has 0 saturated heterocycles. The highest BCUT2D eigenvalue weighted by molar-refractivity contribution is 6.33. The Morgan fingerprint density at radius 1 is 1.19 bits per heavy atom. The molecule has 0 aliphatic heterocycles. The van der Waals surface area contributed by atoms with Crippen molar-refractivity contribution in [2.45, 2.75) is 13.5 Å². The van der Waals surface area contributed by atoms with E-state index in [4.69, 9.17) is 16.0 Å². The molecular formula is C19H16ClN5O2. The van der Waals surface area contributed by atoms with Gasteiger partial charge in [-0.2, -0.15) is 0 Å². The van der Waals surface area contributed by atoms with Crippen molar-refractivity contribution < 1.29 is 9.21 Å². The Kier molecular flexibility index (Phi) is 4.37. The van der Waals surface area contributed by atoms with Crippen LogP contribution in [0.25, 0.3) is 22.7 Å². The average Bonchev–Trinajstić information content (AvgIpc) is 3.28. The molecule has 4 rings (SSSR count). The zero-order chi connectivity index (χ0) is 19.0. The van der Waals surface area contributed by atoms with Gasteiger partial charge >= 0.3 is 0 Å². The van der Waals surface area contributed by atoms with Gasteiger partial charge in [0, 0.05) is 12.7 Å². The molecule has 0 atom stereocenters. The smallest absolute Gasteiger partial charge is 0.246 e. The Bertz CT molecular complexity index is 1120. The molecule has 0 N–H and O–H groups in total.